The summed E-state index contributed by atoms with van der Waals surface area (Å²) in [6.45, 7) is 7.67. The van der Waals surface area contributed by atoms with E-state index in [1.54, 1.807) is 4.90 Å². The second-order valence-corrected chi connectivity index (χ2v) is 6.34. The molecule has 2 saturated heterocycles. The van der Waals surface area contributed by atoms with E-state index >= 15 is 0 Å². The molecule has 1 N–H and O–H groups in total. The number of carbonyl (C=O) groups is 1. The van der Waals surface area contributed by atoms with Crippen LogP contribution in [0.4, 0.5) is 4.79 Å². The Kier molecular flexibility index (Phi) is 3.10. The normalized spacial score (nSPS) is 37.1. The zero-order valence-electron chi connectivity index (χ0n) is 11.1. The van der Waals surface area contributed by atoms with Crippen molar-refractivity contribution in [2.75, 3.05) is 0 Å². The van der Waals surface area contributed by atoms with Crippen molar-refractivity contribution in [1.29, 1.82) is 0 Å². The van der Waals surface area contributed by atoms with Crippen molar-refractivity contribution in [3.63, 3.8) is 0 Å². The molecule has 0 spiro atoms. The summed E-state index contributed by atoms with van der Waals surface area (Å²) in [4.78, 5) is 13.9. The molecule has 4 atom stereocenters. The van der Waals surface area contributed by atoms with Crippen molar-refractivity contribution in [2.24, 2.45) is 5.92 Å². The number of aliphatic hydroxyl groups excluding tert-OH is 1. The van der Waals surface area contributed by atoms with Crippen molar-refractivity contribution >= 4 is 6.09 Å². The smallest absolute Gasteiger partial charge is 0.410 e. The summed E-state index contributed by atoms with van der Waals surface area (Å²) in [5.74, 6) is 0.419. The third-order valence-electron chi connectivity index (χ3n) is 3.90. The van der Waals surface area contributed by atoms with E-state index in [-0.39, 0.29) is 24.3 Å². The van der Waals surface area contributed by atoms with E-state index in [0.29, 0.717) is 5.92 Å². The van der Waals surface area contributed by atoms with Crippen LogP contribution in [0.1, 0.15) is 47.0 Å². The molecule has 2 heterocycles. The Labute approximate surface area is 103 Å². The van der Waals surface area contributed by atoms with Gasteiger partial charge in [0.2, 0.25) is 0 Å². The first-order chi connectivity index (χ1) is 7.79. The third-order valence-corrected chi connectivity index (χ3v) is 3.90. The van der Waals surface area contributed by atoms with Crippen molar-refractivity contribution in [3.8, 4) is 0 Å². The number of fused-ring (bicyclic) bond motifs is 3. The molecule has 1 aliphatic carbocycles. The number of hydrogen-bond donors (Lipinski definition) is 1. The maximum Gasteiger partial charge on any atom is 0.410 e. The summed E-state index contributed by atoms with van der Waals surface area (Å²) in [5, 5.41) is 9.99. The first-order valence-corrected chi connectivity index (χ1v) is 6.49. The maximum absolute atomic E-state index is 12.2. The fourth-order valence-corrected chi connectivity index (χ4v) is 3.07. The van der Waals surface area contributed by atoms with E-state index in [9.17, 15) is 9.90 Å². The molecule has 0 radical (unpaired) electrons. The highest BCUT2D eigenvalue weighted by Gasteiger charge is 2.47. The highest BCUT2D eigenvalue weighted by atomic mass is 16.6. The zero-order valence-corrected chi connectivity index (χ0v) is 11.1. The third kappa shape index (κ3) is 2.41. The molecule has 0 aromatic heterocycles. The predicted molar refractivity (Wildman–Crippen MR) is 64.7 cm³/mol. The number of piperidine rings is 2. The summed E-state index contributed by atoms with van der Waals surface area (Å²) in [5.41, 5.74) is -0.474. The van der Waals surface area contributed by atoms with E-state index in [1.165, 1.54) is 0 Å². The number of ether oxygens (including phenoxy) is 1. The molecule has 4 unspecified atom stereocenters. The van der Waals surface area contributed by atoms with Gasteiger partial charge in [-0.05, 0) is 52.9 Å². The summed E-state index contributed by atoms with van der Waals surface area (Å²) >= 11 is 0. The van der Waals surface area contributed by atoms with Crippen LogP contribution in [0.15, 0.2) is 0 Å². The van der Waals surface area contributed by atoms with Gasteiger partial charge in [-0.15, -0.1) is 0 Å². The van der Waals surface area contributed by atoms with Crippen LogP contribution in [0.3, 0.4) is 0 Å². The molecule has 1 saturated carbocycles. The number of carbonyl (C=O) groups excluding carboxylic acids is 1. The lowest BCUT2D eigenvalue weighted by Crippen LogP contribution is -2.62. The molecular formula is C13H23NO3. The molecule has 98 valence electrons. The minimum Gasteiger partial charge on any atom is -0.444 e. The van der Waals surface area contributed by atoms with Gasteiger partial charge in [-0.1, -0.05) is 0 Å². The lowest BCUT2D eigenvalue weighted by molar-refractivity contribution is -0.0887. The fourth-order valence-electron chi connectivity index (χ4n) is 3.07. The van der Waals surface area contributed by atoms with Crippen molar-refractivity contribution in [1.82, 2.24) is 4.90 Å². The predicted octanol–water partition coefficient (Wildman–Crippen LogP) is 2.16. The first-order valence-electron chi connectivity index (χ1n) is 6.49. The quantitative estimate of drug-likeness (QED) is 0.707. The van der Waals surface area contributed by atoms with Crippen LogP contribution < -0.4 is 0 Å². The van der Waals surface area contributed by atoms with Gasteiger partial charge in [0.25, 0.3) is 0 Å². The summed E-state index contributed by atoms with van der Waals surface area (Å²) in [6.07, 6.45) is 2.18. The molecule has 17 heavy (non-hydrogen) atoms. The summed E-state index contributed by atoms with van der Waals surface area (Å²) < 4.78 is 5.42. The van der Waals surface area contributed by atoms with Crippen molar-refractivity contribution in [2.45, 2.75) is 70.7 Å². The number of aliphatic hydroxyl groups is 1. The second-order valence-electron chi connectivity index (χ2n) is 6.34. The highest BCUT2D eigenvalue weighted by Crippen LogP contribution is 2.40. The number of hydrogen-bond acceptors (Lipinski definition) is 3. The Balaban J connectivity index is 2.12. The molecule has 4 nitrogen and oxygen atoms in total. The summed E-state index contributed by atoms with van der Waals surface area (Å²) in [6, 6.07) is 0.136. The van der Waals surface area contributed by atoms with Gasteiger partial charge in [-0.2, -0.15) is 0 Å². The van der Waals surface area contributed by atoms with Gasteiger partial charge in [-0.25, -0.2) is 4.79 Å². The lowest BCUT2D eigenvalue weighted by Gasteiger charge is -2.52. The molecule has 2 aliphatic heterocycles. The van der Waals surface area contributed by atoms with E-state index < -0.39 is 5.60 Å². The van der Waals surface area contributed by atoms with Crippen LogP contribution >= 0.6 is 0 Å². The van der Waals surface area contributed by atoms with Crippen LogP contribution in [0.25, 0.3) is 0 Å². The Morgan fingerprint density at radius 1 is 1.35 bits per heavy atom. The van der Waals surface area contributed by atoms with Crippen molar-refractivity contribution < 1.29 is 14.6 Å². The Bertz CT molecular complexity index is 310. The minimum absolute atomic E-state index is 0.0511. The average Bonchev–Trinajstić information content (AvgIpc) is 2.16. The Morgan fingerprint density at radius 2 is 2.00 bits per heavy atom. The molecule has 1 amide bonds. The molecule has 3 rings (SSSR count). The standard InChI is InChI=1S/C13H23NO3/c1-8-9-5-6-10(11(15)7-9)14(8)12(16)17-13(2,3)4/h8-11,15H,5-7H2,1-4H3. The fraction of sp³-hybridized carbons (Fsp3) is 0.923. The molecular weight excluding hydrogens is 218 g/mol. The molecule has 0 aromatic rings. The SMILES string of the molecule is CC1C2CCC(C(O)C2)N1C(=O)OC(C)(C)C. The first kappa shape index (κ1) is 12.7. The van der Waals surface area contributed by atoms with Gasteiger partial charge in [0.1, 0.15) is 5.60 Å². The number of nitrogens with zero attached hydrogens (tertiary/aromatic N) is 1. The maximum atomic E-state index is 12.2. The van der Waals surface area contributed by atoms with Gasteiger partial charge in [0.05, 0.1) is 12.1 Å². The molecule has 2 bridgehead atoms. The van der Waals surface area contributed by atoms with E-state index in [2.05, 4.69) is 6.92 Å². The average molecular weight is 241 g/mol. The van der Waals surface area contributed by atoms with E-state index in [0.717, 1.165) is 19.3 Å². The van der Waals surface area contributed by atoms with Crippen molar-refractivity contribution in [3.05, 3.63) is 0 Å². The monoisotopic (exact) mass is 241 g/mol. The molecule has 3 aliphatic rings. The molecule has 0 aromatic carbocycles. The molecule has 3 fully saturated rings. The highest BCUT2D eigenvalue weighted by molar-refractivity contribution is 5.69. The largest absolute Gasteiger partial charge is 0.444 e. The van der Waals surface area contributed by atoms with E-state index in [1.807, 2.05) is 20.8 Å². The topological polar surface area (TPSA) is 49.8 Å². The Morgan fingerprint density at radius 3 is 2.53 bits per heavy atom. The number of rotatable bonds is 0. The lowest BCUT2D eigenvalue weighted by atomic mass is 9.74. The van der Waals surface area contributed by atoms with Gasteiger partial charge in [-0.3, -0.25) is 4.90 Å². The van der Waals surface area contributed by atoms with Gasteiger partial charge >= 0.3 is 6.09 Å². The van der Waals surface area contributed by atoms with Gasteiger partial charge in [0.15, 0.2) is 0 Å². The van der Waals surface area contributed by atoms with Crippen LogP contribution in [0.2, 0.25) is 0 Å². The molecule has 4 heteroatoms. The number of amides is 1. The van der Waals surface area contributed by atoms with Gasteiger partial charge in [0, 0.05) is 6.04 Å². The van der Waals surface area contributed by atoms with Gasteiger partial charge < -0.3 is 9.84 Å². The van der Waals surface area contributed by atoms with Crippen LogP contribution in [-0.2, 0) is 4.74 Å². The van der Waals surface area contributed by atoms with Crippen LogP contribution in [-0.4, -0.2) is 39.9 Å². The summed E-state index contributed by atoms with van der Waals surface area (Å²) in [7, 11) is 0. The van der Waals surface area contributed by atoms with Crippen LogP contribution in [0, 0.1) is 5.92 Å². The Hall–Kier alpha value is -0.770. The van der Waals surface area contributed by atoms with Crippen LogP contribution in [0.5, 0.6) is 0 Å². The zero-order chi connectivity index (χ0) is 12.8. The second kappa shape index (κ2) is 4.16. The van der Waals surface area contributed by atoms with E-state index in [4.69, 9.17) is 4.74 Å². The minimum atomic E-state index is -0.474.